The average Bonchev–Trinajstić information content (AvgIpc) is 2.46. The van der Waals surface area contributed by atoms with Crippen LogP contribution in [0.1, 0.15) is 17.2 Å². The highest BCUT2D eigenvalue weighted by Crippen LogP contribution is 2.36. The highest BCUT2D eigenvalue weighted by atomic mass is 79.9. The highest BCUT2D eigenvalue weighted by molar-refractivity contribution is 9.10. The number of rotatable bonds is 4. The second kappa shape index (κ2) is 6.24. The lowest BCUT2D eigenvalue weighted by atomic mass is 10.00. The minimum atomic E-state index is -1.13. The van der Waals surface area contributed by atoms with Crippen LogP contribution in [0.4, 0.5) is 4.39 Å². The van der Waals surface area contributed by atoms with Crippen LogP contribution in [0.3, 0.4) is 0 Å². The van der Waals surface area contributed by atoms with Gasteiger partial charge in [-0.15, -0.1) is 0 Å². The summed E-state index contributed by atoms with van der Waals surface area (Å²) >= 11 is 3.35. The van der Waals surface area contributed by atoms with E-state index in [0.29, 0.717) is 21.5 Å². The molecule has 2 rings (SSSR count). The molecular formula is C15H14BrFO3. The third-order valence-corrected chi connectivity index (χ3v) is 3.70. The zero-order valence-electron chi connectivity index (χ0n) is 11.1. The Labute approximate surface area is 125 Å². The molecule has 0 saturated carbocycles. The van der Waals surface area contributed by atoms with Crippen LogP contribution in [0.25, 0.3) is 0 Å². The van der Waals surface area contributed by atoms with E-state index in [2.05, 4.69) is 15.9 Å². The van der Waals surface area contributed by atoms with Crippen molar-refractivity contribution < 1.29 is 19.0 Å². The van der Waals surface area contributed by atoms with Crippen molar-refractivity contribution in [1.29, 1.82) is 0 Å². The van der Waals surface area contributed by atoms with E-state index in [0.717, 1.165) is 0 Å². The van der Waals surface area contributed by atoms with Crippen molar-refractivity contribution in [2.24, 2.45) is 0 Å². The van der Waals surface area contributed by atoms with Gasteiger partial charge >= 0.3 is 0 Å². The molecule has 20 heavy (non-hydrogen) atoms. The smallest absolute Gasteiger partial charge is 0.133 e. The molecule has 1 N–H and O–H groups in total. The van der Waals surface area contributed by atoms with E-state index < -0.39 is 11.9 Å². The Kier molecular flexibility index (Phi) is 4.62. The first kappa shape index (κ1) is 14.8. The van der Waals surface area contributed by atoms with Crippen molar-refractivity contribution in [2.75, 3.05) is 14.2 Å². The number of methoxy groups -OCH3 is 2. The molecule has 2 aromatic rings. The van der Waals surface area contributed by atoms with Crippen LogP contribution in [0, 0.1) is 5.82 Å². The Balaban J connectivity index is 2.49. The van der Waals surface area contributed by atoms with Gasteiger partial charge in [0.05, 0.1) is 19.8 Å². The Morgan fingerprint density at radius 1 is 1.15 bits per heavy atom. The van der Waals surface area contributed by atoms with Crippen LogP contribution in [-0.4, -0.2) is 19.3 Å². The van der Waals surface area contributed by atoms with E-state index >= 15 is 0 Å². The van der Waals surface area contributed by atoms with E-state index in [1.807, 2.05) is 0 Å². The van der Waals surface area contributed by atoms with Gasteiger partial charge in [-0.05, 0) is 29.8 Å². The number of ether oxygens (including phenoxy) is 2. The van der Waals surface area contributed by atoms with Gasteiger partial charge in [0.25, 0.3) is 0 Å². The van der Waals surface area contributed by atoms with Crippen LogP contribution in [0.2, 0.25) is 0 Å². The molecule has 0 fully saturated rings. The highest BCUT2D eigenvalue weighted by Gasteiger charge is 2.22. The monoisotopic (exact) mass is 340 g/mol. The Morgan fingerprint density at radius 2 is 1.90 bits per heavy atom. The topological polar surface area (TPSA) is 38.7 Å². The summed E-state index contributed by atoms with van der Waals surface area (Å²) in [5.74, 6) is 0.438. The van der Waals surface area contributed by atoms with Crippen LogP contribution < -0.4 is 9.47 Å². The number of aliphatic hydroxyl groups is 1. The average molecular weight is 341 g/mol. The van der Waals surface area contributed by atoms with Crippen LogP contribution in [-0.2, 0) is 0 Å². The summed E-state index contributed by atoms with van der Waals surface area (Å²) in [7, 11) is 2.99. The molecule has 0 aliphatic carbocycles. The molecule has 3 nitrogen and oxygen atoms in total. The zero-order valence-corrected chi connectivity index (χ0v) is 12.6. The molecule has 0 spiro atoms. The van der Waals surface area contributed by atoms with E-state index in [1.54, 1.807) is 31.4 Å². The number of aliphatic hydroxyl groups excluding tert-OH is 1. The molecule has 0 saturated heterocycles. The first-order chi connectivity index (χ1) is 9.58. The normalized spacial score (nSPS) is 12.1. The maximum atomic E-state index is 14.0. The van der Waals surface area contributed by atoms with E-state index in [1.165, 1.54) is 19.2 Å². The van der Waals surface area contributed by atoms with Crippen molar-refractivity contribution in [3.63, 3.8) is 0 Å². The summed E-state index contributed by atoms with van der Waals surface area (Å²) < 4.78 is 24.8. The third-order valence-electron chi connectivity index (χ3n) is 3.01. The SMILES string of the molecule is COc1ccc(C(O)c2c(F)cccc2OC)c(Br)c1. The van der Waals surface area contributed by atoms with Gasteiger partial charge < -0.3 is 14.6 Å². The molecule has 0 heterocycles. The first-order valence-electron chi connectivity index (χ1n) is 5.92. The van der Waals surface area contributed by atoms with Crippen molar-refractivity contribution in [2.45, 2.75) is 6.10 Å². The molecular weight excluding hydrogens is 327 g/mol. The minimum Gasteiger partial charge on any atom is -0.497 e. The summed E-state index contributed by atoms with van der Waals surface area (Å²) in [5, 5.41) is 10.4. The summed E-state index contributed by atoms with van der Waals surface area (Å²) in [6.45, 7) is 0. The lowest BCUT2D eigenvalue weighted by Crippen LogP contribution is -2.06. The molecule has 106 valence electrons. The molecule has 1 atom stereocenters. The van der Waals surface area contributed by atoms with Gasteiger partial charge in [0.2, 0.25) is 0 Å². The number of hydrogen-bond donors (Lipinski definition) is 1. The molecule has 0 aromatic heterocycles. The van der Waals surface area contributed by atoms with Crippen molar-refractivity contribution >= 4 is 15.9 Å². The largest absolute Gasteiger partial charge is 0.497 e. The van der Waals surface area contributed by atoms with Crippen molar-refractivity contribution in [3.8, 4) is 11.5 Å². The van der Waals surface area contributed by atoms with Crippen molar-refractivity contribution in [1.82, 2.24) is 0 Å². The Hall–Kier alpha value is -1.59. The van der Waals surface area contributed by atoms with Crippen LogP contribution >= 0.6 is 15.9 Å². The maximum Gasteiger partial charge on any atom is 0.133 e. The Morgan fingerprint density at radius 3 is 2.50 bits per heavy atom. The molecule has 0 aliphatic rings. The first-order valence-corrected chi connectivity index (χ1v) is 6.71. The van der Waals surface area contributed by atoms with Gasteiger partial charge in [-0.2, -0.15) is 0 Å². The molecule has 0 bridgehead atoms. The second-order valence-corrected chi connectivity index (χ2v) is 5.00. The molecule has 0 amide bonds. The molecule has 1 unspecified atom stereocenters. The van der Waals surface area contributed by atoms with Gasteiger partial charge in [-0.3, -0.25) is 0 Å². The lowest BCUT2D eigenvalue weighted by Gasteiger charge is -2.17. The van der Waals surface area contributed by atoms with Crippen LogP contribution in [0.5, 0.6) is 11.5 Å². The lowest BCUT2D eigenvalue weighted by molar-refractivity contribution is 0.208. The molecule has 0 aliphatic heterocycles. The molecule has 5 heteroatoms. The number of halogens is 2. The van der Waals surface area contributed by atoms with Gasteiger partial charge in [-0.1, -0.05) is 28.1 Å². The molecule has 2 aromatic carbocycles. The predicted octanol–water partition coefficient (Wildman–Crippen LogP) is 3.69. The summed E-state index contributed by atoms with van der Waals surface area (Å²) in [4.78, 5) is 0. The minimum absolute atomic E-state index is 0.112. The summed E-state index contributed by atoms with van der Waals surface area (Å²) in [5.41, 5.74) is 0.648. The van der Waals surface area contributed by atoms with Crippen LogP contribution in [0.15, 0.2) is 40.9 Å². The zero-order chi connectivity index (χ0) is 14.7. The van der Waals surface area contributed by atoms with E-state index in [9.17, 15) is 9.50 Å². The van der Waals surface area contributed by atoms with Crippen molar-refractivity contribution in [3.05, 3.63) is 57.8 Å². The number of hydrogen-bond acceptors (Lipinski definition) is 3. The number of benzene rings is 2. The summed E-state index contributed by atoms with van der Waals surface area (Å²) in [6.07, 6.45) is -1.13. The molecule has 0 radical (unpaired) electrons. The Bertz CT molecular complexity index is 616. The van der Waals surface area contributed by atoms with Gasteiger partial charge in [0.1, 0.15) is 23.4 Å². The van der Waals surface area contributed by atoms with E-state index in [4.69, 9.17) is 9.47 Å². The predicted molar refractivity (Wildman–Crippen MR) is 77.7 cm³/mol. The second-order valence-electron chi connectivity index (χ2n) is 4.15. The van der Waals surface area contributed by atoms with Gasteiger partial charge in [0.15, 0.2) is 0 Å². The van der Waals surface area contributed by atoms with Gasteiger partial charge in [0, 0.05) is 4.47 Å². The van der Waals surface area contributed by atoms with Gasteiger partial charge in [-0.25, -0.2) is 4.39 Å². The fourth-order valence-corrected chi connectivity index (χ4v) is 2.55. The third kappa shape index (κ3) is 2.78. The maximum absolute atomic E-state index is 14.0. The van der Waals surface area contributed by atoms with E-state index in [-0.39, 0.29) is 5.56 Å². The summed E-state index contributed by atoms with van der Waals surface area (Å²) in [6, 6.07) is 9.53. The standard InChI is InChI=1S/C15H14BrFO3/c1-19-9-6-7-10(11(16)8-9)15(18)14-12(17)4-3-5-13(14)20-2/h3-8,15,18H,1-2H3. The fraction of sp³-hybridized carbons (Fsp3) is 0.200. The quantitative estimate of drug-likeness (QED) is 0.922. The fourth-order valence-electron chi connectivity index (χ4n) is 1.97.